The van der Waals surface area contributed by atoms with Crippen molar-refractivity contribution in [1.82, 2.24) is 5.32 Å². The SMILES string of the molecule is COC(=O)[C@@H]1C[C@@H](Oc2ccccc2OC)CN1. The zero-order valence-electron chi connectivity index (χ0n) is 10.5. The van der Waals surface area contributed by atoms with Gasteiger partial charge in [-0.15, -0.1) is 0 Å². The van der Waals surface area contributed by atoms with Crippen LogP contribution in [-0.4, -0.2) is 38.9 Å². The summed E-state index contributed by atoms with van der Waals surface area (Å²) in [5.74, 6) is 1.14. The fourth-order valence-electron chi connectivity index (χ4n) is 2.01. The molecular formula is C13H17NO4. The molecule has 1 aliphatic heterocycles. The zero-order chi connectivity index (χ0) is 13.0. The first kappa shape index (κ1) is 12.7. The smallest absolute Gasteiger partial charge is 0.323 e. The van der Waals surface area contributed by atoms with E-state index in [1.807, 2.05) is 24.3 Å². The van der Waals surface area contributed by atoms with Crippen LogP contribution in [0.25, 0.3) is 0 Å². The van der Waals surface area contributed by atoms with Crippen LogP contribution in [0.2, 0.25) is 0 Å². The Hall–Kier alpha value is -1.75. The van der Waals surface area contributed by atoms with Gasteiger partial charge in [0.05, 0.1) is 14.2 Å². The average molecular weight is 251 g/mol. The molecule has 0 amide bonds. The Kier molecular flexibility index (Phi) is 4.04. The number of rotatable bonds is 4. The first-order valence-electron chi connectivity index (χ1n) is 5.85. The van der Waals surface area contributed by atoms with Crippen molar-refractivity contribution >= 4 is 5.97 Å². The second-order valence-electron chi connectivity index (χ2n) is 4.11. The van der Waals surface area contributed by atoms with Crippen LogP contribution in [0.3, 0.4) is 0 Å². The van der Waals surface area contributed by atoms with Crippen molar-refractivity contribution in [3.8, 4) is 11.5 Å². The van der Waals surface area contributed by atoms with Gasteiger partial charge in [-0.1, -0.05) is 12.1 Å². The average Bonchev–Trinajstić information content (AvgIpc) is 2.87. The number of hydrogen-bond donors (Lipinski definition) is 1. The highest BCUT2D eigenvalue weighted by atomic mass is 16.5. The number of carbonyl (C=O) groups excluding carboxylic acids is 1. The molecule has 98 valence electrons. The Balaban J connectivity index is 1.97. The second kappa shape index (κ2) is 5.73. The lowest BCUT2D eigenvalue weighted by molar-refractivity contribution is -0.142. The molecule has 1 aliphatic rings. The molecule has 2 atom stereocenters. The third-order valence-corrected chi connectivity index (χ3v) is 2.94. The maximum atomic E-state index is 11.4. The molecule has 0 unspecified atom stereocenters. The number of ether oxygens (including phenoxy) is 3. The minimum Gasteiger partial charge on any atom is -0.493 e. The molecule has 5 nitrogen and oxygen atoms in total. The zero-order valence-corrected chi connectivity index (χ0v) is 10.5. The Morgan fingerprint density at radius 3 is 2.67 bits per heavy atom. The fourth-order valence-corrected chi connectivity index (χ4v) is 2.01. The molecule has 1 heterocycles. The van der Waals surface area contributed by atoms with Gasteiger partial charge in [0.25, 0.3) is 0 Å². The lowest BCUT2D eigenvalue weighted by Gasteiger charge is -2.15. The molecule has 0 spiro atoms. The lowest BCUT2D eigenvalue weighted by Crippen LogP contribution is -2.31. The van der Waals surface area contributed by atoms with E-state index in [-0.39, 0.29) is 18.1 Å². The molecule has 5 heteroatoms. The normalized spacial score (nSPS) is 22.6. The topological polar surface area (TPSA) is 56.8 Å². The van der Waals surface area contributed by atoms with Crippen molar-refractivity contribution in [2.24, 2.45) is 0 Å². The molecule has 0 bridgehead atoms. The van der Waals surface area contributed by atoms with Crippen molar-refractivity contribution in [2.45, 2.75) is 18.6 Å². The third-order valence-electron chi connectivity index (χ3n) is 2.94. The number of nitrogens with one attached hydrogen (secondary N) is 1. The van der Waals surface area contributed by atoms with E-state index in [0.717, 1.165) is 0 Å². The van der Waals surface area contributed by atoms with E-state index in [1.54, 1.807) is 7.11 Å². The van der Waals surface area contributed by atoms with E-state index in [4.69, 9.17) is 14.2 Å². The van der Waals surface area contributed by atoms with Gasteiger partial charge in [-0.2, -0.15) is 0 Å². The summed E-state index contributed by atoms with van der Waals surface area (Å²) < 4.78 is 15.7. The minimum absolute atomic E-state index is 0.0506. The van der Waals surface area contributed by atoms with E-state index in [2.05, 4.69) is 5.32 Å². The molecule has 0 radical (unpaired) electrons. The summed E-state index contributed by atoms with van der Waals surface area (Å²) in [6.45, 7) is 0.623. The van der Waals surface area contributed by atoms with Gasteiger partial charge in [0.2, 0.25) is 0 Å². The summed E-state index contributed by atoms with van der Waals surface area (Å²) in [6, 6.07) is 7.18. The first-order chi connectivity index (χ1) is 8.74. The third kappa shape index (κ3) is 2.73. The van der Waals surface area contributed by atoms with Crippen molar-refractivity contribution in [1.29, 1.82) is 0 Å². The van der Waals surface area contributed by atoms with E-state index in [1.165, 1.54) is 7.11 Å². The van der Waals surface area contributed by atoms with E-state index < -0.39 is 0 Å². The van der Waals surface area contributed by atoms with E-state index in [0.29, 0.717) is 24.5 Å². The summed E-state index contributed by atoms with van der Waals surface area (Å²) in [7, 11) is 2.99. The van der Waals surface area contributed by atoms with Gasteiger partial charge in [0.1, 0.15) is 12.1 Å². The quantitative estimate of drug-likeness (QED) is 0.808. The molecule has 1 aromatic carbocycles. The van der Waals surface area contributed by atoms with Gasteiger partial charge >= 0.3 is 5.97 Å². The van der Waals surface area contributed by atoms with Gasteiger partial charge in [-0.3, -0.25) is 4.79 Å². The molecule has 2 rings (SSSR count). The Labute approximate surface area is 106 Å². The number of methoxy groups -OCH3 is 2. The van der Waals surface area contributed by atoms with Crippen LogP contribution in [0.15, 0.2) is 24.3 Å². The predicted octanol–water partition coefficient (Wildman–Crippen LogP) is 0.977. The van der Waals surface area contributed by atoms with Gasteiger partial charge < -0.3 is 19.5 Å². The molecule has 1 N–H and O–H groups in total. The van der Waals surface area contributed by atoms with E-state index in [9.17, 15) is 4.79 Å². The number of para-hydroxylation sites is 2. The summed E-state index contributed by atoms with van der Waals surface area (Å²) in [4.78, 5) is 11.4. The van der Waals surface area contributed by atoms with Crippen molar-refractivity contribution in [3.05, 3.63) is 24.3 Å². The minimum atomic E-state index is -0.283. The van der Waals surface area contributed by atoms with Gasteiger partial charge in [-0.25, -0.2) is 0 Å². The number of hydrogen-bond acceptors (Lipinski definition) is 5. The maximum absolute atomic E-state index is 11.4. The molecule has 0 aliphatic carbocycles. The summed E-state index contributed by atoms with van der Waals surface area (Å²) >= 11 is 0. The van der Waals surface area contributed by atoms with Gasteiger partial charge in [-0.05, 0) is 12.1 Å². The largest absolute Gasteiger partial charge is 0.493 e. The molecule has 1 aromatic rings. The van der Waals surface area contributed by atoms with Crippen LogP contribution < -0.4 is 14.8 Å². The first-order valence-corrected chi connectivity index (χ1v) is 5.85. The van der Waals surface area contributed by atoms with Gasteiger partial charge in [0, 0.05) is 13.0 Å². The number of benzene rings is 1. The van der Waals surface area contributed by atoms with Crippen molar-refractivity contribution in [3.63, 3.8) is 0 Å². The van der Waals surface area contributed by atoms with Crippen LogP contribution in [0.4, 0.5) is 0 Å². The van der Waals surface area contributed by atoms with Crippen LogP contribution in [-0.2, 0) is 9.53 Å². The predicted molar refractivity (Wildman–Crippen MR) is 65.8 cm³/mol. The number of carbonyl (C=O) groups is 1. The standard InChI is InChI=1S/C13H17NO4/c1-16-11-5-3-4-6-12(11)18-9-7-10(14-8-9)13(15)17-2/h3-6,9-10,14H,7-8H2,1-2H3/t9-,10+/m1/s1. The van der Waals surface area contributed by atoms with Crippen LogP contribution in [0.1, 0.15) is 6.42 Å². The molecule has 1 fully saturated rings. The summed E-state index contributed by atoms with van der Waals surface area (Å²) in [5, 5.41) is 3.07. The summed E-state index contributed by atoms with van der Waals surface area (Å²) in [5.41, 5.74) is 0. The molecular weight excluding hydrogens is 234 g/mol. The summed E-state index contributed by atoms with van der Waals surface area (Å²) in [6.07, 6.45) is 0.551. The van der Waals surface area contributed by atoms with Crippen LogP contribution in [0.5, 0.6) is 11.5 Å². The van der Waals surface area contributed by atoms with Gasteiger partial charge in [0.15, 0.2) is 11.5 Å². The Morgan fingerprint density at radius 1 is 1.28 bits per heavy atom. The monoisotopic (exact) mass is 251 g/mol. The van der Waals surface area contributed by atoms with Crippen molar-refractivity contribution in [2.75, 3.05) is 20.8 Å². The van der Waals surface area contributed by atoms with Crippen LogP contribution >= 0.6 is 0 Å². The Bertz CT molecular complexity index is 421. The molecule has 0 aromatic heterocycles. The fraction of sp³-hybridized carbons (Fsp3) is 0.462. The lowest BCUT2D eigenvalue weighted by atomic mass is 10.2. The highest BCUT2D eigenvalue weighted by Crippen LogP contribution is 2.28. The maximum Gasteiger partial charge on any atom is 0.323 e. The van der Waals surface area contributed by atoms with E-state index >= 15 is 0 Å². The number of esters is 1. The van der Waals surface area contributed by atoms with Crippen LogP contribution in [0, 0.1) is 0 Å². The van der Waals surface area contributed by atoms with Crippen molar-refractivity contribution < 1.29 is 19.0 Å². The molecule has 0 saturated carbocycles. The molecule has 18 heavy (non-hydrogen) atoms. The second-order valence-corrected chi connectivity index (χ2v) is 4.11. The molecule has 1 saturated heterocycles. The highest BCUT2D eigenvalue weighted by Gasteiger charge is 2.31. The highest BCUT2D eigenvalue weighted by molar-refractivity contribution is 5.76. The Morgan fingerprint density at radius 2 is 2.00 bits per heavy atom.